The molecular formula is C24H18F2N2O2S. The molecule has 3 aromatic rings. The van der Waals surface area contributed by atoms with Gasteiger partial charge in [-0.05, 0) is 48.0 Å². The topological polar surface area (TPSA) is 41.9 Å². The molecular weight excluding hydrogens is 418 g/mol. The maximum absolute atomic E-state index is 13.7. The number of amides is 1. The van der Waals surface area contributed by atoms with E-state index in [2.05, 4.69) is 4.99 Å². The summed E-state index contributed by atoms with van der Waals surface area (Å²) in [6, 6.07) is 21.2. The SMILES string of the molecule is O=C1C(=Cc2ccccc2)N=C(SCCOc2ccccc2F)N1c1ccc(F)cc1. The number of hydrogen-bond acceptors (Lipinski definition) is 4. The number of rotatable bonds is 6. The van der Waals surface area contributed by atoms with Gasteiger partial charge in [-0.15, -0.1) is 0 Å². The van der Waals surface area contributed by atoms with Crippen LogP contribution in [0.2, 0.25) is 0 Å². The molecule has 4 rings (SSSR count). The first-order valence-electron chi connectivity index (χ1n) is 9.57. The average Bonchev–Trinajstić information content (AvgIpc) is 3.09. The Morgan fingerprint density at radius 2 is 1.65 bits per heavy atom. The fraction of sp³-hybridized carbons (Fsp3) is 0.0833. The van der Waals surface area contributed by atoms with Crippen LogP contribution >= 0.6 is 11.8 Å². The van der Waals surface area contributed by atoms with E-state index in [1.54, 1.807) is 24.3 Å². The van der Waals surface area contributed by atoms with Crippen LogP contribution in [0.1, 0.15) is 5.56 Å². The third-order valence-electron chi connectivity index (χ3n) is 4.43. The molecule has 0 N–H and O–H groups in total. The highest BCUT2D eigenvalue weighted by Gasteiger charge is 2.31. The largest absolute Gasteiger partial charge is 0.490 e. The lowest BCUT2D eigenvalue weighted by atomic mass is 10.2. The predicted molar refractivity (Wildman–Crippen MR) is 120 cm³/mol. The molecule has 1 amide bonds. The summed E-state index contributed by atoms with van der Waals surface area (Å²) in [5.41, 5.74) is 1.65. The van der Waals surface area contributed by atoms with Crippen molar-refractivity contribution in [1.29, 1.82) is 0 Å². The van der Waals surface area contributed by atoms with Crippen molar-refractivity contribution in [2.75, 3.05) is 17.3 Å². The molecule has 31 heavy (non-hydrogen) atoms. The second-order valence-electron chi connectivity index (χ2n) is 6.58. The van der Waals surface area contributed by atoms with Crippen molar-refractivity contribution in [1.82, 2.24) is 0 Å². The molecule has 3 aromatic carbocycles. The van der Waals surface area contributed by atoms with Crippen molar-refractivity contribution >= 4 is 34.6 Å². The van der Waals surface area contributed by atoms with Gasteiger partial charge in [-0.1, -0.05) is 54.2 Å². The number of benzene rings is 3. The van der Waals surface area contributed by atoms with Crippen LogP contribution in [0.15, 0.2) is 89.6 Å². The Balaban J connectivity index is 1.52. The second kappa shape index (κ2) is 9.57. The number of amidine groups is 1. The second-order valence-corrected chi connectivity index (χ2v) is 7.64. The van der Waals surface area contributed by atoms with Crippen molar-refractivity contribution in [3.63, 3.8) is 0 Å². The van der Waals surface area contributed by atoms with E-state index in [1.165, 1.54) is 47.0 Å². The van der Waals surface area contributed by atoms with E-state index in [-0.39, 0.29) is 29.8 Å². The van der Waals surface area contributed by atoms with Crippen molar-refractivity contribution < 1.29 is 18.3 Å². The van der Waals surface area contributed by atoms with Crippen LogP contribution in [-0.2, 0) is 4.79 Å². The number of halogens is 2. The first-order chi connectivity index (χ1) is 15.1. The van der Waals surface area contributed by atoms with Gasteiger partial charge in [0.25, 0.3) is 5.91 Å². The average molecular weight is 436 g/mol. The number of aliphatic imine (C=N–C) groups is 1. The lowest BCUT2D eigenvalue weighted by molar-refractivity contribution is -0.113. The lowest BCUT2D eigenvalue weighted by Gasteiger charge is -2.17. The summed E-state index contributed by atoms with van der Waals surface area (Å²) in [6.07, 6.45) is 1.71. The molecule has 1 heterocycles. The van der Waals surface area contributed by atoms with Gasteiger partial charge in [0.1, 0.15) is 11.5 Å². The molecule has 0 aliphatic carbocycles. The molecule has 0 radical (unpaired) electrons. The van der Waals surface area contributed by atoms with Crippen LogP contribution in [-0.4, -0.2) is 23.4 Å². The van der Waals surface area contributed by atoms with Crippen molar-refractivity contribution in [3.8, 4) is 5.75 Å². The first-order valence-corrected chi connectivity index (χ1v) is 10.6. The highest BCUT2D eigenvalue weighted by Crippen LogP contribution is 2.29. The molecule has 4 nitrogen and oxygen atoms in total. The highest BCUT2D eigenvalue weighted by molar-refractivity contribution is 8.14. The zero-order valence-corrected chi connectivity index (χ0v) is 17.2. The Morgan fingerprint density at radius 1 is 0.935 bits per heavy atom. The molecule has 0 saturated heterocycles. The quantitative estimate of drug-likeness (QED) is 0.377. The van der Waals surface area contributed by atoms with E-state index in [1.807, 2.05) is 30.3 Å². The zero-order valence-electron chi connectivity index (χ0n) is 16.4. The van der Waals surface area contributed by atoms with Gasteiger partial charge in [0.15, 0.2) is 16.7 Å². The molecule has 0 spiro atoms. The van der Waals surface area contributed by atoms with Crippen LogP contribution in [0.5, 0.6) is 5.75 Å². The van der Waals surface area contributed by atoms with E-state index in [4.69, 9.17) is 4.74 Å². The number of hydrogen-bond donors (Lipinski definition) is 0. The Hall–Kier alpha value is -3.45. The van der Waals surface area contributed by atoms with Gasteiger partial charge in [0, 0.05) is 5.75 Å². The molecule has 1 aliphatic rings. The summed E-state index contributed by atoms with van der Waals surface area (Å²) in [5.74, 6) is -0.501. The van der Waals surface area contributed by atoms with E-state index < -0.39 is 5.82 Å². The van der Waals surface area contributed by atoms with Gasteiger partial charge in [-0.3, -0.25) is 9.69 Å². The summed E-state index contributed by atoms with van der Waals surface area (Å²) in [5, 5.41) is 0.455. The van der Waals surface area contributed by atoms with Gasteiger partial charge in [-0.25, -0.2) is 13.8 Å². The third-order valence-corrected chi connectivity index (χ3v) is 5.33. The molecule has 0 aromatic heterocycles. The van der Waals surface area contributed by atoms with E-state index in [0.29, 0.717) is 16.6 Å². The summed E-state index contributed by atoms with van der Waals surface area (Å²) in [6.45, 7) is 0.230. The number of carbonyl (C=O) groups is 1. The standard InChI is InChI=1S/C24H18F2N2O2S/c25-18-10-12-19(13-11-18)28-23(29)21(16-17-6-2-1-3-7-17)27-24(28)31-15-14-30-22-9-5-4-8-20(22)26/h1-13,16H,14-15H2. The monoisotopic (exact) mass is 436 g/mol. The summed E-state index contributed by atoms with van der Waals surface area (Å²) >= 11 is 1.31. The molecule has 0 unspecified atom stereocenters. The van der Waals surface area contributed by atoms with Crippen molar-refractivity contribution in [2.45, 2.75) is 0 Å². The minimum absolute atomic E-state index is 0.174. The minimum atomic E-state index is -0.429. The van der Waals surface area contributed by atoms with Crippen LogP contribution in [0.4, 0.5) is 14.5 Å². The Bertz CT molecular complexity index is 1130. The molecule has 0 fully saturated rings. The number of ether oxygens (including phenoxy) is 1. The molecule has 7 heteroatoms. The van der Waals surface area contributed by atoms with Crippen LogP contribution in [0.3, 0.4) is 0 Å². The van der Waals surface area contributed by atoms with Crippen LogP contribution < -0.4 is 9.64 Å². The molecule has 0 saturated carbocycles. The highest BCUT2D eigenvalue weighted by atomic mass is 32.2. The molecule has 1 aliphatic heterocycles. The number of carbonyl (C=O) groups excluding carboxylic acids is 1. The summed E-state index contributed by atoms with van der Waals surface area (Å²) in [7, 11) is 0. The Labute approximate surface area is 182 Å². The lowest BCUT2D eigenvalue weighted by Crippen LogP contribution is -2.30. The smallest absolute Gasteiger partial charge is 0.283 e. The van der Waals surface area contributed by atoms with Gasteiger partial charge >= 0.3 is 0 Å². The summed E-state index contributed by atoms with van der Waals surface area (Å²) < 4.78 is 32.6. The van der Waals surface area contributed by atoms with Crippen LogP contribution in [0, 0.1) is 11.6 Å². The zero-order chi connectivity index (χ0) is 21.6. The number of para-hydroxylation sites is 1. The van der Waals surface area contributed by atoms with E-state index >= 15 is 0 Å². The van der Waals surface area contributed by atoms with Gasteiger partial charge in [0.05, 0.1) is 12.3 Å². The van der Waals surface area contributed by atoms with Gasteiger partial charge < -0.3 is 4.74 Å². The number of thioether (sulfide) groups is 1. The van der Waals surface area contributed by atoms with E-state index in [0.717, 1.165) is 5.56 Å². The maximum Gasteiger partial charge on any atom is 0.283 e. The molecule has 0 atom stereocenters. The van der Waals surface area contributed by atoms with Crippen LogP contribution in [0.25, 0.3) is 6.08 Å². The first kappa shape index (κ1) is 20.8. The van der Waals surface area contributed by atoms with E-state index in [9.17, 15) is 13.6 Å². The van der Waals surface area contributed by atoms with Crippen molar-refractivity contribution in [3.05, 3.63) is 102 Å². The Kier molecular flexibility index (Phi) is 6.43. The maximum atomic E-state index is 13.7. The molecule has 0 bridgehead atoms. The Morgan fingerprint density at radius 3 is 2.39 bits per heavy atom. The number of anilines is 1. The molecule has 156 valence electrons. The minimum Gasteiger partial charge on any atom is -0.490 e. The third kappa shape index (κ3) is 5.00. The normalized spacial score (nSPS) is 14.8. The van der Waals surface area contributed by atoms with Crippen molar-refractivity contribution in [2.24, 2.45) is 4.99 Å². The number of nitrogens with zero attached hydrogens (tertiary/aromatic N) is 2. The summed E-state index contributed by atoms with van der Waals surface area (Å²) in [4.78, 5) is 19.0. The fourth-order valence-corrected chi connectivity index (χ4v) is 3.79. The van der Waals surface area contributed by atoms with Gasteiger partial charge in [-0.2, -0.15) is 0 Å². The van der Waals surface area contributed by atoms with Gasteiger partial charge in [0.2, 0.25) is 0 Å². The fourth-order valence-electron chi connectivity index (χ4n) is 2.96. The predicted octanol–water partition coefficient (Wildman–Crippen LogP) is 5.52.